The number of alkyl carbamates (subject to hydrolysis) is 1. The largest absolute Gasteiger partial charge is 0.445 e. The number of carbonyl (C=O) groups excluding carboxylic acids is 1. The van der Waals surface area contributed by atoms with Crippen LogP contribution in [0.1, 0.15) is 39.5 Å². The molecule has 0 bridgehead atoms. The lowest BCUT2D eigenvalue weighted by Crippen LogP contribution is -2.45. The molecule has 0 aromatic carbocycles. The Morgan fingerprint density at radius 1 is 1.33 bits per heavy atom. The topological polar surface area (TPSA) is 50.4 Å². The van der Waals surface area contributed by atoms with Crippen molar-refractivity contribution in [2.24, 2.45) is 0 Å². The van der Waals surface area contributed by atoms with Crippen molar-refractivity contribution < 1.29 is 9.53 Å². The second kappa shape index (κ2) is 5.95. The maximum atomic E-state index is 11.4. The number of nitrogens with one attached hydrogen (secondary N) is 2. The second-order valence-electron chi connectivity index (χ2n) is 4.42. The lowest BCUT2D eigenvalue weighted by atomic mass is 9.92. The van der Waals surface area contributed by atoms with Crippen LogP contribution in [0.5, 0.6) is 0 Å². The summed E-state index contributed by atoms with van der Waals surface area (Å²) in [4.78, 5) is 11.4. The minimum Gasteiger partial charge on any atom is -0.445 e. The monoisotopic (exact) mass is 214 g/mol. The Kier molecular flexibility index (Phi) is 4.88. The summed E-state index contributed by atoms with van der Waals surface area (Å²) < 4.78 is 5.39. The first-order valence-electron chi connectivity index (χ1n) is 5.78. The predicted octanol–water partition coefficient (Wildman–Crippen LogP) is 1.65. The van der Waals surface area contributed by atoms with E-state index in [0.29, 0.717) is 6.04 Å². The van der Waals surface area contributed by atoms with Crippen molar-refractivity contribution in [2.45, 2.75) is 57.7 Å². The number of amides is 1. The molecule has 1 aliphatic carbocycles. The molecule has 4 heteroatoms. The SMILES string of the molecule is CNC1CCCCC1OC(=O)NC(C)C. The van der Waals surface area contributed by atoms with E-state index >= 15 is 0 Å². The maximum absolute atomic E-state index is 11.4. The van der Waals surface area contributed by atoms with E-state index in [1.54, 1.807) is 0 Å². The Labute approximate surface area is 91.8 Å². The number of rotatable bonds is 3. The van der Waals surface area contributed by atoms with Crippen LogP contribution in [-0.2, 0) is 4.74 Å². The molecule has 1 aliphatic rings. The van der Waals surface area contributed by atoms with Crippen molar-refractivity contribution in [3.8, 4) is 0 Å². The molecule has 1 fully saturated rings. The second-order valence-corrected chi connectivity index (χ2v) is 4.42. The molecule has 0 radical (unpaired) electrons. The first-order chi connectivity index (χ1) is 7.13. The van der Waals surface area contributed by atoms with Crippen molar-refractivity contribution in [1.82, 2.24) is 10.6 Å². The first-order valence-corrected chi connectivity index (χ1v) is 5.78. The summed E-state index contributed by atoms with van der Waals surface area (Å²) in [6.07, 6.45) is 4.17. The molecule has 4 nitrogen and oxygen atoms in total. The van der Waals surface area contributed by atoms with Gasteiger partial charge in [-0.1, -0.05) is 6.42 Å². The van der Waals surface area contributed by atoms with Gasteiger partial charge in [-0.2, -0.15) is 0 Å². The van der Waals surface area contributed by atoms with Crippen LogP contribution in [0.4, 0.5) is 4.79 Å². The van der Waals surface area contributed by atoms with E-state index in [0.717, 1.165) is 19.3 Å². The first kappa shape index (κ1) is 12.3. The molecule has 0 aromatic heterocycles. The summed E-state index contributed by atoms with van der Waals surface area (Å²) in [7, 11) is 1.92. The Bertz CT molecular complexity index is 207. The fraction of sp³-hybridized carbons (Fsp3) is 0.909. The fourth-order valence-electron chi connectivity index (χ4n) is 1.98. The van der Waals surface area contributed by atoms with E-state index in [1.165, 1.54) is 6.42 Å². The van der Waals surface area contributed by atoms with Crippen molar-refractivity contribution >= 4 is 6.09 Å². The van der Waals surface area contributed by atoms with E-state index in [2.05, 4.69) is 10.6 Å². The molecule has 15 heavy (non-hydrogen) atoms. The van der Waals surface area contributed by atoms with Gasteiger partial charge in [0.1, 0.15) is 6.10 Å². The van der Waals surface area contributed by atoms with Gasteiger partial charge in [0.15, 0.2) is 0 Å². The van der Waals surface area contributed by atoms with Gasteiger partial charge in [0.05, 0.1) is 0 Å². The van der Waals surface area contributed by atoms with E-state index in [4.69, 9.17) is 4.74 Å². The summed E-state index contributed by atoms with van der Waals surface area (Å²) in [5.41, 5.74) is 0. The van der Waals surface area contributed by atoms with Crippen LogP contribution in [0, 0.1) is 0 Å². The van der Waals surface area contributed by atoms with Gasteiger partial charge in [-0.05, 0) is 40.2 Å². The zero-order valence-electron chi connectivity index (χ0n) is 9.88. The van der Waals surface area contributed by atoms with Crippen molar-refractivity contribution in [3.05, 3.63) is 0 Å². The molecule has 1 amide bonds. The summed E-state index contributed by atoms with van der Waals surface area (Å²) in [6.45, 7) is 3.86. The highest BCUT2D eigenvalue weighted by Crippen LogP contribution is 2.21. The van der Waals surface area contributed by atoms with Crippen molar-refractivity contribution in [3.63, 3.8) is 0 Å². The van der Waals surface area contributed by atoms with Gasteiger partial charge in [0, 0.05) is 12.1 Å². The Morgan fingerprint density at radius 2 is 2.00 bits per heavy atom. The summed E-state index contributed by atoms with van der Waals surface area (Å²) in [5, 5.41) is 5.95. The molecule has 1 saturated carbocycles. The molecule has 0 spiro atoms. The highest BCUT2D eigenvalue weighted by molar-refractivity contribution is 5.67. The van der Waals surface area contributed by atoms with Crippen LogP contribution in [0.15, 0.2) is 0 Å². The molecule has 0 heterocycles. The summed E-state index contributed by atoms with van der Waals surface area (Å²) >= 11 is 0. The van der Waals surface area contributed by atoms with E-state index < -0.39 is 0 Å². The summed E-state index contributed by atoms with van der Waals surface area (Å²) in [5.74, 6) is 0. The van der Waals surface area contributed by atoms with Crippen LogP contribution < -0.4 is 10.6 Å². The third-order valence-corrected chi connectivity index (χ3v) is 2.74. The quantitative estimate of drug-likeness (QED) is 0.751. The average molecular weight is 214 g/mol. The number of carbonyl (C=O) groups is 1. The van der Waals surface area contributed by atoms with E-state index in [9.17, 15) is 4.79 Å². The number of ether oxygens (including phenoxy) is 1. The van der Waals surface area contributed by atoms with E-state index in [1.807, 2.05) is 20.9 Å². The number of likely N-dealkylation sites (N-methyl/N-ethyl adjacent to an activating group) is 1. The zero-order valence-corrected chi connectivity index (χ0v) is 9.88. The maximum Gasteiger partial charge on any atom is 0.407 e. The zero-order chi connectivity index (χ0) is 11.3. The standard InChI is InChI=1S/C11H22N2O2/c1-8(2)13-11(14)15-10-7-5-4-6-9(10)12-3/h8-10,12H,4-7H2,1-3H3,(H,13,14). The van der Waals surface area contributed by atoms with Crippen LogP contribution in [0.25, 0.3) is 0 Å². The third kappa shape index (κ3) is 4.08. The van der Waals surface area contributed by atoms with Crippen LogP contribution in [0.3, 0.4) is 0 Å². The summed E-state index contributed by atoms with van der Waals surface area (Å²) in [6, 6.07) is 0.450. The van der Waals surface area contributed by atoms with Gasteiger partial charge in [0.2, 0.25) is 0 Å². The highest BCUT2D eigenvalue weighted by atomic mass is 16.6. The van der Waals surface area contributed by atoms with Crippen molar-refractivity contribution in [1.29, 1.82) is 0 Å². The molecular weight excluding hydrogens is 192 g/mol. The highest BCUT2D eigenvalue weighted by Gasteiger charge is 2.26. The van der Waals surface area contributed by atoms with Gasteiger partial charge in [-0.25, -0.2) is 4.79 Å². The average Bonchev–Trinajstić information content (AvgIpc) is 2.17. The Balaban J connectivity index is 2.37. The molecule has 0 aromatic rings. The molecular formula is C11H22N2O2. The normalized spacial score (nSPS) is 26.4. The van der Waals surface area contributed by atoms with E-state index in [-0.39, 0.29) is 18.2 Å². The Morgan fingerprint density at radius 3 is 2.60 bits per heavy atom. The molecule has 2 atom stereocenters. The molecule has 0 saturated heterocycles. The van der Waals surface area contributed by atoms with Crippen LogP contribution >= 0.6 is 0 Å². The third-order valence-electron chi connectivity index (χ3n) is 2.74. The minimum atomic E-state index is -0.294. The lowest BCUT2D eigenvalue weighted by molar-refractivity contribution is 0.0533. The van der Waals surface area contributed by atoms with Crippen LogP contribution in [0.2, 0.25) is 0 Å². The number of hydrogen-bond donors (Lipinski definition) is 2. The molecule has 1 rings (SSSR count). The van der Waals surface area contributed by atoms with Gasteiger partial charge in [-0.3, -0.25) is 0 Å². The predicted molar refractivity (Wildman–Crippen MR) is 59.9 cm³/mol. The molecule has 2 unspecified atom stereocenters. The van der Waals surface area contributed by atoms with Gasteiger partial charge in [-0.15, -0.1) is 0 Å². The smallest absolute Gasteiger partial charge is 0.407 e. The fourth-order valence-corrected chi connectivity index (χ4v) is 1.98. The Hall–Kier alpha value is -0.770. The van der Waals surface area contributed by atoms with Gasteiger partial charge >= 0.3 is 6.09 Å². The molecule has 88 valence electrons. The van der Waals surface area contributed by atoms with Crippen molar-refractivity contribution in [2.75, 3.05) is 7.05 Å². The van der Waals surface area contributed by atoms with Crippen LogP contribution in [-0.4, -0.2) is 31.3 Å². The minimum absolute atomic E-state index is 0.0301. The lowest BCUT2D eigenvalue weighted by Gasteiger charge is -2.30. The number of hydrogen-bond acceptors (Lipinski definition) is 3. The molecule has 2 N–H and O–H groups in total. The van der Waals surface area contributed by atoms with Gasteiger partial charge in [0.25, 0.3) is 0 Å². The molecule has 0 aliphatic heterocycles. The van der Waals surface area contributed by atoms with Gasteiger partial charge < -0.3 is 15.4 Å².